The zero-order valence-electron chi connectivity index (χ0n) is 15.3. The summed E-state index contributed by atoms with van der Waals surface area (Å²) in [6.45, 7) is 3.57. The summed E-state index contributed by atoms with van der Waals surface area (Å²) < 4.78 is 0. The zero-order valence-corrected chi connectivity index (χ0v) is 15.3. The molecule has 0 aromatic heterocycles. The first-order chi connectivity index (χ1) is 12.6. The number of piperidine rings is 1. The molecule has 0 N–H and O–H groups in total. The van der Waals surface area contributed by atoms with E-state index < -0.39 is 5.91 Å². The van der Waals surface area contributed by atoms with E-state index in [-0.39, 0.29) is 11.9 Å². The van der Waals surface area contributed by atoms with Crippen LogP contribution in [0.5, 0.6) is 0 Å². The maximum absolute atomic E-state index is 13.0. The first kappa shape index (κ1) is 18.2. The van der Waals surface area contributed by atoms with Crippen molar-refractivity contribution in [2.45, 2.75) is 45.3 Å². The van der Waals surface area contributed by atoms with Gasteiger partial charge in [-0.3, -0.25) is 9.59 Å². The second kappa shape index (κ2) is 8.65. The first-order valence-corrected chi connectivity index (χ1v) is 9.33. The molecule has 0 radical (unpaired) electrons. The van der Waals surface area contributed by atoms with Crippen molar-refractivity contribution in [2.75, 3.05) is 6.54 Å². The molecule has 26 heavy (non-hydrogen) atoms. The van der Waals surface area contributed by atoms with Crippen LogP contribution in [0, 0.1) is 0 Å². The lowest BCUT2D eigenvalue weighted by Crippen LogP contribution is -2.49. The van der Waals surface area contributed by atoms with Crippen LogP contribution >= 0.6 is 0 Å². The van der Waals surface area contributed by atoms with Crippen LogP contribution in [0.15, 0.2) is 60.7 Å². The maximum atomic E-state index is 13.0. The Hall–Kier alpha value is -2.62. The van der Waals surface area contributed by atoms with Gasteiger partial charge >= 0.3 is 11.8 Å². The van der Waals surface area contributed by atoms with Gasteiger partial charge in [0.2, 0.25) is 0 Å². The molecule has 0 saturated carbocycles. The number of nitrogens with zero attached hydrogens (tertiary/aromatic N) is 2. The fourth-order valence-electron chi connectivity index (χ4n) is 3.47. The number of rotatable bonds is 4. The van der Waals surface area contributed by atoms with E-state index in [1.54, 1.807) is 9.80 Å². The highest BCUT2D eigenvalue weighted by atomic mass is 16.2. The molecule has 0 bridgehead atoms. The van der Waals surface area contributed by atoms with Crippen LogP contribution in [0.25, 0.3) is 0 Å². The van der Waals surface area contributed by atoms with E-state index in [9.17, 15) is 9.59 Å². The number of carbonyl (C=O) groups excluding carboxylic acids is 2. The molecule has 3 rings (SSSR count). The highest BCUT2D eigenvalue weighted by Crippen LogP contribution is 2.18. The Bertz CT molecular complexity index is 689. The van der Waals surface area contributed by atoms with Gasteiger partial charge in [0.15, 0.2) is 0 Å². The summed E-state index contributed by atoms with van der Waals surface area (Å²) in [6.07, 6.45) is 3.06. The summed E-state index contributed by atoms with van der Waals surface area (Å²) in [5.41, 5.74) is 2.05. The van der Waals surface area contributed by atoms with Crippen molar-refractivity contribution < 1.29 is 9.59 Å². The SMILES string of the molecule is CC1CCCCN1C(=O)C(=O)N(Cc1ccccc1)Cc1ccccc1. The van der Waals surface area contributed by atoms with Crippen LogP contribution in [-0.2, 0) is 22.7 Å². The summed E-state index contributed by atoms with van der Waals surface area (Å²) in [6, 6.07) is 19.8. The molecule has 4 nitrogen and oxygen atoms in total. The molecule has 1 heterocycles. The van der Waals surface area contributed by atoms with Crippen molar-refractivity contribution in [2.24, 2.45) is 0 Å². The van der Waals surface area contributed by atoms with Gasteiger partial charge in [-0.1, -0.05) is 60.7 Å². The van der Waals surface area contributed by atoms with Crippen LogP contribution in [0.4, 0.5) is 0 Å². The topological polar surface area (TPSA) is 40.6 Å². The van der Waals surface area contributed by atoms with Crippen LogP contribution in [0.1, 0.15) is 37.3 Å². The largest absolute Gasteiger partial charge is 0.332 e. The molecule has 136 valence electrons. The first-order valence-electron chi connectivity index (χ1n) is 9.33. The van der Waals surface area contributed by atoms with Crippen molar-refractivity contribution >= 4 is 11.8 Å². The van der Waals surface area contributed by atoms with E-state index in [0.29, 0.717) is 19.6 Å². The number of likely N-dealkylation sites (tertiary alicyclic amines) is 1. The Kier molecular flexibility index (Phi) is 6.05. The predicted molar refractivity (Wildman–Crippen MR) is 102 cm³/mol. The number of carbonyl (C=O) groups is 2. The molecule has 4 heteroatoms. The Morgan fingerprint density at radius 3 is 1.96 bits per heavy atom. The van der Waals surface area contributed by atoms with Gasteiger partial charge in [0.05, 0.1) is 0 Å². The Labute approximate surface area is 155 Å². The van der Waals surface area contributed by atoms with Crippen molar-refractivity contribution in [3.05, 3.63) is 71.8 Å². The molecule has 1 saturated heterocycles. The number of amides is 2. The fourth-order valence-corrected chi connectivity index (χ4v) is 3.47. The molecule has 1 aliphatic heterocycles. The summed E-state index contributed by atoms with van der Waals surface area (Å²) >= 11 is 0. The molecular formula is C22H26N2O2. The lowest BCUT2D eigenvalue weighted by molar-refractivity contribution is -0.154. The zero-order chi connectivity index (χ0) is 18.4. The van der Waals surface area contributed by atoms with Crippen LogP contribution < -0.4 is 0 Å². The second-order valence-electron chi connectivity index (χ2n) is 6.98. The summed E-state index contributed by atoms with van der Waals surface area (Å²) in [5, 5.41) is 0. The van der Waals surface area contributed by atoms with E-state index >= 15 is 0 Å². The highest BCUT2D eigenvalue weighted by Gasteiger charge is 2.31. The minimum absolute atomic E-state index is 0.135. The fraction of sp³-hybridized carbons (Fsp3) is 0.364. The molecule has 1 unspecified atom stereocenters. The van der Waals surface area contributed by atoms with Crippen LogP contribution in [0.2, 0.25) is 0 Å². The van der Waals surface area contributed by atoms with E-state index in [4.69, 9.17) is 0 Å². The minimum Gasteiger partial charge on any atom is -0.332 e. The summed E-state index contributed by atoms with van der Waals surface area (Å²) in [7, 11) is 0. The van der Waals surface area contributed by atoms with E-state index in [1.165, 1.54) is 0 Å². The third kappa shape index (κ3) is 4.51. The average molecular weight is 350 g/mol. The predicted octanol–water partition coefficient (Wildman–Crippen LogP) is 3.62. The highest BCUT2D eigenvalue weighted by molar-refractivity contribution is 6.34. The van der Waals surface area contributed by atoms with Crippen LogP contribution in [-0.4, -0.2) is 34.2 Å². The Morgan fingerprint density at radius 2 is 1.46 bits per heavy atom. The summed E-state index contributed by atoms with van der Waals surface area (Å²) in [5.74, 6) is -0.782. The minimum atomic E-state index is -0.411. The van der Waals surface area contributed by atoms with Crippen molar-refractivity contribution in [1.82, 2.24) is 9.80 Å². The van der Waals surface area contributed by atoms with Gasteiger partial charge in [-0.15, -0.1) is 0 Å². The maximum Gasteiger partial charge on any atom is 0.312 e. The van der Waals surface area contributed by atoms with E-state index in [0.717, 1.165) is 30.4 Å². The third-order valence-corrected chi connectivity index (χ3v) is 4.97. The number of benzene rings is 2. The smallest absolute Gasteiger partial charge is 0.312 e. The third-order valence-electron chi connectivity index (χ3n) is 4.97. The molecule has 1 fully saturated rings. The molecule has 1 aliphatic rings. The van der Waals surface area contributed by atoms with Gasteiger partial charge in [0.25, 0.3) is 0 Å². The summed E-state index contributed by atoms with van der Waals surface area (Å²) in [4.78, 5) is 29.3. The number of hydrogen-bond acceptors (Lipinski definition) is 2. The second-order valence-corrected chi connectivity index (χ2v) is 6.98. The molecule has 1 atom stereocenters. The van der Waals surface area contributed by atoms with Crippen molar-refractivity contribution in [1.29, 1.82) is 0 Å². The van der Waals surface area contributed by atoms with Gasteiger partial charge in [-0.25, -0.2) is 0 Å². The molecule has 0 aliphatic carbocycles. The standard InChI is InChI=1S/C22H26N2O2/c1-18-10-8-9-15-24(18)22(26)21(25)23(16-19-11-4-2-5-12-19)17-20-13-6-3-7-14-20/h2-7,11-14,18H,8-10,15-17H2,1H3. The van der Waals surface area contributed by atoms with Crippen molar-refractivity contribution in [3.63, 3.8) is 0 Å². The van der Waals surface area contributed by atoms with Gasteiger partial charge in [-0.05, 0) is 37.3 Å². The van der Waals surface area contributed by atoms with E-state index in [1.807, 2.05) is 67.6 Å². The van der Waals surface area contributed by atoms with Gasteiger partial charge in [-0.2, -0.15) is 0 Å². The molecule has 0 spiro atoms. The lowest BCUT2D eigenvalue weighted by Gasteiger charge is -2.34. The monoisotopic (exact) mass is 350 g/mol. The number of hydrogen-bond donors (Lipinski definition) is 0. The Morgan fingerprint density at radius 1 is 0.923 bits per heavy atom. The molecular weight excluding hydrogens is 324 g/mol. The van der Waals surface area contributed by atoms with Gasteiger partial charge in [0, 0.05) is 25.7 Å². The van der Waals surface area contributed by atoms with Crippen molar-refractivity contribution in [3.8, 4) is 0 Å². The van der Waals surface area contributed by atoms with Gasteiger partial charge < -0.3 is 9.80 Å². The Balaban J connectivity index is 1.79. The van der Waals surface area contributed by atoms with E-state index in [2.05, 4.69) is 0 Å². The van der Waals surface area contributed by atoms with Crippen LogP contribution in [0.3, 0.4) is 0 Å². The lowest BCUT2D eigenvalue weighted by atomic mass is 10.0. The molecule has 2 aromatic rings. The normalized spacial score (nSPS) is 17.0. The average Bonchev–Trinajstić information content (AvgIpc) is 2.68. The van der Waals surface area contributed by atoms with Gasteiger partial charge in [0.1, 0.15) is 0 Å². The quantitative estimate of drug-likeness (QED) is 0.790. The molecule has 2 aromatic carbocycles. The molecule has 2 amide bonds.